The molecule has 1 aromatic carbocycles. The zero-order chi connectivity index (χ0) is 13.0. The second kappa shape index (κ2) is 5.87. The zero-order valence-electron chi connectivity index (χ0n) is 11.4. The number of hydrogen-bond donors (Lipinski definition) is 1. The molecule has 0 aliphatic carbocycles. The minimum Gasteiger partial charge on any atom is -0.469 e. The lowest BCUT2D eigenvalue weighted by Gasteiger charge is -2.17. The Morgan fingerprint density at radius 3 is 2.61 bits per heavy atom. The number of rotatable bonds is 5. The number of hydrogen-bond acceptors (Lipinski definition) is 2. The van der Waals surface area contributed by atoms with Crippen molar-refractivity contribution in [2.75, 3.05) is 6.54 Å². The first-order valence-electron chi connectivity index (χ1n) is 6.61. The molecular weight excluding hydrogens is 222 g/mol. The highest BCUT2D eigenvalue weighted by atomic mass is 16.3. The average molecular weight is 243 g/mol. The summed E-state index contributed by atoms with van der Waals surface area (Å²) in [5.74, 6) is 0.958. The summed E-state index contributed by atoms with van der Waals surface area (Å²) in [4.78, 5) is 0. The van der Waals surface area contributed by atoms with Crippen molar-refractivity contribution < 1.29 is 4.42 Å². The summed E-state index contributed by atoms with van der Waals surface area (Å²) in [6.07, 6.45) is 2.92. The van der Waals surface area contributed by atoms with Crippen molar-refractivity contribution in [1.29, 1.82) is 0 Å². The van der Waals surface area contributed by atoms with E-state index in [0.717, 1.165) is 18.7 Å². The number of nitrogens with one attached hydrogen (secondary N) is 1. The maximum atomic E-state index is 5.43. The number of aryl methyl sites for hydroxylation is 2. The van der Waals surface area contributed by atoms with E-state index in [2.05, 4.69) is 49.5 Å². The minimum atomic E-state index is 0.221. The van der Waals surface area contributed by atoms with Crippen molar-refractivity contribution in [2.45, 2.75) is 33.2 Å². The molecule has 0 saturated carbocycles. The Morgan fingerprint density at radius 1 is 1.17 bits per heavy atom. The Kier molecular flexibility index (Phi) is 4.21. The van der Waals surface area contributed by atoms with Gasteiger partial charge in [-0.15, -0.1) is 0 Å². The van der Waals surface area contributed by atoms with Gasteiger partial charge in [-0.05, 0) is 37.1 Å². The van der Waals surface area contributed by atoms with Gasteiger partial charge in [0.15, 0.2) is 0 Å². The highest BCUT2D eigenvalue weighted by molar-refractivity contribution is 5.33. The van der Waals surface area contributed by atoms with E-state index in [1.165, 1.54) is 16.7 Å². The third-order valence-corrected chi connectivity index (χ3v) is 3.19. The first-order chi connectivity index (χ1) is 8.74. The number of furan rings is 1. The maximum Gasteiger partial charge on any atom is 0.101 e. The fraction of sp³-hybridized carbons (Fsp3) is 0.375. The van der Waals surface area contributed by atoms with Crippen molar-refractivity contribution >= 4 is 0 Å². The molecule has 1 heterocycles. The fourth-order valence-corrected chi connectivity index (χ4v) is 2.24. The largest absolute Gasteiger partial charge is 0.469 e. The molecule has 0 amide bonds. The number of benzene rings is 1. The second-order valence-corrected chi connectivity index (χ2v) is 4.58. The van der Waals surface area contributed by atoms with Crippen molar-refractivity contribution in [3.8, 4) is 0 Å². The van der Waals surface area contributed by atoms with E-state index >= 15 is 0 Å². The van der Waals surface area contributed by atoms with Gasteiger partial charge in [0.05, 0.1) is 12.3 Å². The summed E-state index contributed by atoms with van der Waals surface area (Å²) in [6, 6.07) is 11.1. The topological polar surface area (TPSA) is 25.2 Å². The molecule has 2 aromatic rings. The molecule has 1 unspecified atom stereocenters. The summed E-state index contributed by atoms with van der Waals surface area (Å²) >= 11 is 0. The maximum absolute atomic E-state index is 5.43. The molecule has 2 heteroatoms. The van der Waals surface area contributed by atoms with Crippen LogP contribution in [0, 0.1) is 6.92 Å². The summed E-state index contributed by atoms with van der Waals surface area (Å²) in [5, 5.41) is 3.52. The SMILES string of the molecule is CCNC(c1cccc(CC)c1)c1coc(C)c1. The lowest BCUT2D eigenvalue weighted by atomic mass is 9.98. The van der Waals surface area contributed by atoms with Crippen LogP contribution in [0.3, 0.4) is 0 Å². The highest BCUT2D eigenvalue weighted by Gasteiger charge is 2.15. The van der Waals surface area contributed by atoms with Crippen LogP contribution in [-0.2, 0) is 6.42 Å². The Labute approximate surface area is 109 Å². The van der Waals surface area contributed by atoms with Crippen molar-refractivity contribution in [3.63, 3.8) is 0 Å². The van der Waals surface area contributed by atoms with Gasteiger partial charge < -0.3 is 9.73 Å². The van der Waals surface area contributed by atoms with Crippen LogP contribution >= 0.6 is 0 Å². The predicted molar refractivity (Wildman–Crippen MR) is 74.8 cm³/mol. The average Bonchev–Trinajstić information content (AvgIpc) is 2.82. The van der Waals surface area contributed by atoms with Gasteiger partial charge in [-0.2, -0.15) is 0 Å². The fourth-order valence-electron chi connectivity index (χ4n) is 2.24. The Bertz CT molecular complexity index is 501. The van der Waals surface area contributed by atoms with Crippen LogP contribution in [-0.4, -0.2) is 6.54 Å². The monoisotopic (exact) mass is 243 g/mol. The smallest absolute Gasteiger partial charge is 0.101 e. The Hall–Kier alpha value is -1.54. The summed E-state index contributed by atoms with van der Waals surface area (Å²) in [5.41, 5.74) is 3.87. The molecule has 0 radical (unpaired) electrons. The molecule has 1 atom stereocenters. The summed E-state index contributed by atoms with van der Waals surface area (Å²) in [7, 11) is 0. The van der Waals surface area contributed by atoms with Gasteiger partial charge >= 0.3 is 0 Å². The molecular formula is C16H21NO. The van der Waals surface area contributed by atoms with E-state index in [9.17, 15) is 0 Å². The Balaban J connectivity index is 2.34. The standard InChI is InChI=1S/C16H21NO/c1-4-13-7-6-8-14(10-13)16(17-5-2)15-9-12(3)18-11-15/h6-11,16-17H,4-5H2,1-3H3. The van der Waals surface area contributed by atoms with Gasteiger partial charge in [0.1, 0.15) is 5.76 Å². The van der Waals surface area contributed by atoms with Gasteiger partial charge in [0.25, 0.3) is 0 Å². The molecule has 2 rings (SSSR count). The van der Waals surface area contributed by atoms with Gasteiger partial charge in [-0.1, -0.05) is 38.1 Å². The Morgan fingerprint density at radius 2 is 2.00 bits per heavy atom. The minimum absolute atomic E-state index is 0.221. The molecule has 96 valence electrons. The molecule has 1 aromatic heterocycles. The van der Waals surface area contributed by atoms with Crippen LogP contribution in [0.2, 0.25) is 0 Å². The lowest BCUT2D eigenvalue weighted by Crippen LogP contribution is -2.21. The van der Waals surface area contributed by atoms with Gasteiger partial charge in [-0.25, -0.2) is 0 Å². The predicted octanol–water partition coefficient (Wildman–Crippen LogP) is 3.85. The molecule has 0 aliphatic heterocycles. The molecule has 0 saturated heterocycles. The van der Waals surface area contributed by atoms with E-state index in [-0.39, 0.29) is 6.04 Å². The zero-order valence-corrected chi connectivity index (χ0v) is 11.4. The first-order valence-corrected chi connectivity index (χ1v) is 6.61. The van der Waals surface area contributed by atoms with Crippen LogP contribution in [0.15, 0.2) is 41.0 Å². The normalized spacial score (nSPS) is 12.6. The van der Waals surface area contributed by atoms with Gasteiger partial charge in [0, 0.05) is 5.56 Å². The molecule has 0 aliphatic rings. The second-order valence-electron chi connectivity index (χ2n) is 4.58. The van der Waals surface area contributed by atoms with E-state index in [0.29, 0.717) is 0 Å². The molecule has 1 N–H and O–H groups in total. The summed E-state index contributed by atoms with van der Waals surface area (Å²) < 4.78 is 5.43. The van der Waals surface area contributed by atoms with Crippen LogP contribution < -0.4 is 5.32 Å². The van der Waals surface area contributed by atoms with E-state index in [1.807, 2.05) is 13.2 Å². The highest BCUT2D eigenvalue weighted by Crippen LogP contribution is 2.24. The van der Waals surface area contributed by atoms with E-state index in [4.69, 9.17) is 4.42 Å². The third-order valence-electron chi connectivity index (χ3n) is 3.19. The van der Waals surface area contributed by atoms with E-state index in [1.54, 1.807) is 0 Å². The van der Waals surface area contributed by atoms with Crippen LogP contribution in [0.1, 0.15) is 42.3 Å². The summed E-state index contributed by atoms with van der Waals surface area (Å²) in [6.45, 7) is 7.23. The van der Waals surface area contributed by atoms with E-state index < -0.39 is 0 Å². The van der Waals surface area contributed by atoms with Crippen LogP contribution in [0.25, 0.3) is 0 Å². The molecule has 0 fully saturated rings. The van der Waals surface area contributed by atoms with Gasteiger partial charge in [0.2, 0.25) is 0 Å². The van der Waals surface area contributed by atoms with Crippen LogP contribution in [0.5, 0.6) is 0 Å². The third kappa shape index (κ3) is 2.82. The van der Waals surface area contributed by atoms with Crippen molar-refractivity contribution in [2.24, 2.45) is 0 Å². The molecule has 18 heavy (non-hydrogen) atoms. The first kappa shape index (κ1) is 12.9. The lowest BCUT2D eigenvalue weighted by molar-refractivity contribution is 0.525. The van der Waals surface area contributed by atoms with Crippen LogP contribution in [0.4, 0.5) is 0 Å². The quantitative estimate of drug-likeness (QED) is 0.863. The van der Waals surface area contributed by atoms with Crippen molar-refractivity contribution in [3.05, 3.63) is 59.0 Å². The molecule has 2 nitrogen and oxygen atoms in total. The molecule has 0 spiro atoms. The van der Waals surface area contributed by atoms with Gasteiger partial charge in [-0.3, -0.25) is 0 Å². The molecule has 0 bridgehead atoms. The van der Waals surface area contributed by atoms with Crippen molar-refractivity contribution in [1.82, 2.24) is 5.32 Å².